The van der Waals surface area contributed by atoms with Crippen molar-refractivity contribution in [1.29, 1.82) is 0 Å². The predicted molar refractivity (Wildman–Crippen MR) is 99.0 cm³/mol. The molecule has 4 rings (SSSR count). The number of likely N-dealkylation sites (tertiary alicyclic amines) is 1. The molecule has 2 aliphatic heterocycles. The van der Waals surface area contributed by atoms with Gasteiger partial charge >= 0.3 is 0 Å². The normalized spacial score (nSPS) is 17.5. The Hall–Kier alpha value is -2.33. The number of nitrogens with zero attached hydrogens (tertiary/aromatic N) is 1. The van der Waals surface area contributed by atoms with Gasteiger partial charge in [-0.15, -0.1) is 0 Å². The zero-order chi connectivity index (χ0) is 17.1. The van der Waals surface area contributed by atoms with E-state index in [-0.39, 0.29) is 12.0 Å². The van der Waals surface area contributed by atoms with Gasteiger partial charge in [-0.2, -0.15) is 0 Å². The SMILES string of the molecule is O=C1CCc2cc(OC3CN(CCCc4ccccc4)C3)ccc2N1. The van der Waals surface area contributed by atoms with Crippen LogP contribution in [0.2, 0.25) is 0 Å². The molecule has 1 fully saturated rings. The topological polar surface area (TPSA) is 41.6 Å². The lowest BCUT2D eigenvalue weighted by atomic mass is 10.0. The molecule has 0 aliphatic carbocycles. The van der Waals surface area contributed by atoms with E-state index in [1.165, 1.54) is 17.5 Å². The zero-order valence-electron chi connectivity index (χ0n) is 14.4. The molecular weight excluding hydrogens is 312 g/mol. The molecule has 2 aromatic rings. The summed E-state index contributed by atoms with van der Waals surface area (Å²) in [5.74, 6) is 1.02. The minimum absolute atomic E-state index is 0.103. The first kappa shape index (κ1) is 16.2. The molecule has 0 atom stereocenters. The van der Waals surface area contributed by atoms with Crippen molar-refractivity contribution in [3.63, 3.8) is 0 Å². The largest absolute Gasteiger partial charge is 0.488 e. The van der Waals surface area contributed by atoms with Gasteiger partial charge in [-0.3, -0.25) is 9.69 Å². The van der Waals surface area contributed by atoms with Gasteiger partial charge in [0.05, 0.1) is 0 Å². The highest BCUT2D eigenvalue weighted by Gasteiger charge is 2.28. The second-order valence-electron chi connectivity index (χ2n) is 6.96. The van der Waals surface area contributed by atoms with Gasteiger partial charge in [0, 0.05) is 25.2 Å². The van der Waals surface area contributed by atoms with Gasteiger partial charge in [-0.25, -0.2) is 0 Å². The van der Waals surface area contributed by atoms with Crippen molar-refractivity contribution in [2.45, 2.75) is 31.8 Å². The molecule has 1 amide bonds. The van der Waals surface area contributed by atoms with E-state index in [4.69, 9.17) is 4.74 Å². The molecule has 2 heterocycles. The highest BCUT2D eigenvalue weighted by molar-refractivity contribution is 5.93. The van der Waals surface area contributed by atoms with E-state index in [1.54, 1.807) is 0 Å². The average Bonchev–Trinajstić information content (AvgIpc) is 2.60. The molecule has 0 aromatic heterocycles. The number of amides is 1. The lowest BCUT2D eigenvalue weighted by Gasteiger charge is -2.39. The molecule has 0 radical (unpaired) electrons. The van der Waals surface area contributed by atoms with Crippen molar-refractivity contribution in [3.05, 3.63) is 59.7 Å². The number of hydrogen-bond acceptors (Lipinski definition) is 3. The standard InChI is InChI=1S/C21H24N2O2/c24-21-11-8-17-13-18(9-10-20(17)22-21)25-19-14-23(15-19)12-4-7-16-5-2-1-3-6-16/h1-3,5-6,9-10,13,19H,4,7-8,11-12,14-15H2,(H,22,24). The van der Waals surface area contributed by atoms with Crippen LogP contribution in [-0.4, -0.2) is 36.5 Å². The molecule has 2 aromatic carbocycles. The van der Waals surface area contributed by atoms with Crippen molar-refractivity contribution < 1.29 is 9.53 Å². The van der Waals surface area contributed by atoms with Crippen LogP contribution >= 0.6 is 0 Å². The molecule has 0 bridgehead atoms. The number of rotatable bonds is 6. The van der Waals surface area contributed by atoms with Gasteiger partial charge in [-0.05, 0) is 55.1 Å². The van der Waals surface area contributed by atoms with Gasteiger partial charge in [0.1, 0.15) is 11.9 Å². The fourth-order valence-corrected chi connectivity index (χ4v) is 3.56. The fraction of sp³-hybridized carbons (Fsp3) is 0.381. The van der Waals surface area contributed by atoms with E-state index in [2.05, 4.69) is 46.6 Å². The summed E-state index contributed by atoms with van der Waals surface area (Å²) in [6.45, 7) is 3.14. The van der Waals surface area contributed by atoms with Crippen LogP contribution in [-0.2, 0) is 17.6 Å². The monoisotopic (exact) mass is 336 g/mol. The van der Waals surface area contributed by atoms with Gasteiger partial charge in [-0.1, -0.05) is 30.3 Å². The Labute approximate surface area is 148 Å². The van der Waals surface area contributed by atoms with E-state index < -0.39 is 0 Å². The maximum atomic E-state index is 11.4. The summed E-state index contributed by atoms with van der Waals surface area (Å²) in [4.78, 5) is 13.9. The summed E-state index contributed by atoms with van der Waals surface area (Å²) in [6, 6.07) is 16.7. The van der Waals surface area contributed by atoms with Crippen LogP contribution < -0.4 is 10.1 Å². The van der Waals surface area contributed by atoms with Crippen LogP contribution in [0, 0.1) is 0 Å². The number of carbonyl (C=O) groups is 1. The third-order valence-corrected chi connectivity index (χ3v) is 4.98. The maximum absolute atomic E-state index is 11.4. The Kier molecular flexibility index (Phi) is 4.70. The molecule has 2 aliphatic rings. The minimum atomic E-state index is 0.103. The average molecular weight is 336 g/mol. The Morgan fingerprint density at radius 3 is 2.76 bits per heavy atom. The summed E-state index contributed by atoms with van der Waals surface area (Å²) >= 11 is 0. The predicted octanol–water partition coefficient (Wildman–Crippen LogP) is 3.27. The maximum Gasteiger partial charge on any atom is 0.224 e. The smallest absolute Gasteiger partial charge is 0.224 e. The zero-order valence-corrected chi connectivity index (χ0v) is 14.4. The molecule has 0 saturated carbocycles. The Morgan fingerprint density at radius 1 is 1.08 bits per heavy atom. The molecule has 4 nitrogen and oxygen atoms in total. The third kappa shape index (κ3) is 4.02. The highest BCUT2D eigenvalue weighted by atomic mass is 16.5. The van der Waals surface area contributed by atoms with E-state index in [1.807, 2.05) is 12.1 Å². The number of fused-ring (bicyclic) bond motifs is 1. The van der Waals surface area contributed by atoms with E-state index in [0.717, 1.165) is 43.9 Å². The Balaban J connectivity index is 1.20. The molecule has 0 unspecified atom stereocenters. The fourth-order valence-electron chi connectivity index (χ4n) is 3.56. The quantitative estimate of drug-likeness (QED) is 0.880. The number of carbonyl (C=O) groups excluding carboxylic acids is 1. The number of nitrogens with one attached hydrogen (secondary N) is 1. The highest BCUT2D eigenvalue weighted by Crippen LogP contribution is 2.28. The van der Waals surface area contributed by atoms with E-state index >= 15 is 0 Å². The molecule has 4 heteroatoms. The first-order valence-corrected chi connectivity index (χ1v) is 9.12. The molecule has 1 saturated heterocycles. The minimum Gasteiger partial charge on any atom is -0.488 e. The first-order chi connectivity index (χ1) is 12.3. The van der Waals surface area contributed by atoms with Gasteiger partial charge in [0.2, 0.25) is 5.91 Å². The van der Waals surface area contributed by atoms with E-state index in [9.17, 15) is 4.79 Å². The number of aryl methyl sites for hydroxylation is 2. The lowest BCUT2D eigenvalue weighted by Crippen LogP contribution is -2.53. The molecule has 0 spiro atoms. The van der Waals surface area contributed by atoms with Crippen LogP contribution in [0.25, 0.3) is 0 Å². The van der Waals surface area contributed by atoms with Crippen LogP contribution in [0.3, 0.4) is 0 Å². The third-order valence-electron chi connectivity index (χ3n) is 4.98. The number of hydrogen-bond donors (Lipinski definition) is 1. The summed E-state index contributed by atoms with van der Waals surface area (Å²) in [6.07, 6.45) is 3.98. The Bertz CT molecular complexity index is 739. The van der Waals surface area contributed by atoms with E-state index in [0.29, 0.717) is 6.42 Å². The lowest BCUT2D eigenvalue weighted by molar-refractivity contribution is -0.116. The molecule has 1 N–H and O–H groups in total. The van der Waals surface area contributed by atoms with Gasteiger partial charge in [0.15, 0.2) is 0 Å². The van der Waals surface area contributed by atoms with Crippen molar-refractivity contribution in [2.24, 2.45) is 0 Å². The second kappa shape index (κ2) is 7.28. The summed E-state index contributed by atoms with van der Waals surface area (Å²) < 4.78 is 6.08. The number of ether oxygens (including phenoxy) is 1. The Morgan fingerprint density at radius 2 is 1.92 bits per heavy atom. The molecule has 130 valence electrons. The second-order valence-corrected chi connectivity index (χ2v) is 6.96. The number of anilines is 1. The van der Waals surface area contributed by atoms with Crippen molar-refractivity contribution in [1.82, 2.24) is 4.90 Å². The van der Waals surface area contributed by atoms with Crippen molar-refractivity contribution in [2.75, 3.05) is 25.0 Å². The van der Waals surface area contributed by atoms with Gasteiger partial charge < -0.3 is 10.1 Å². The van der Waals surface area contributed by atoms with Crippen LogP contribution in [0.1, 0.15) is 24.0 Å². The van der Waals surface area contributed by atoms with Crippen molar-refractivity contribution in [3.8, 4) is 5.75 Å². The first-order valence-electron chi connectivity index (χ1n) is 9.12. The summed E-state index contributed by atoms with van der Waals surface area (Å²) in [5, 5.41) is 2.91. The molecular formula is C21H24N2O2. The number of benzene rings is 2. The summed E-state index contributed by atoms with van der Waals surface area (Å²) in [7, 11) is 0. The van der Waals surface area contributed by atoms with Crippen LogP contribution in [0.15, 0.2) is 48.5 Å². The van der Waals surface area contributed by atoms with Crippen LogP contribution in [0.4, 0.5) is 5.69 Å². The molecule has 25 heavy (non-hydrogen) atoms. The summed E-state index contributed by atoms with van der Waals surface area (Å²) in [5.41, 5.74) is 3.52. The van der Waals surface area contributed by atoms with Crippen molar-refractivity contribution >= 4 is 11.6 Å². The van der Waals surface area contributed by atoms with Gasteiger partial charge in [0.25, 0.3) is 0 Å². The van der Waals surface area contributed by atoms with Crippen LogP contribution in [0.5, 0.6) is 5.75 Å².